The van der Waals surface area contributed by atoms with E-state index in [1.54, 1.807) is 48.0 Å². The molecule has 2 heterocycles. The maximum absolute atomic E-state index is 14.5. The number of rotatable bonds is 38. The van der Waals surface area contributed by atoms with Gasteiger partial charge in [-0.25, -0.2) is 0 Å². The fourth-order valence-electron chi connectivity index (χ4n) is 12.3. The Labute approximate surface area is 519 Å². The van der Waals surface area contributed by atoms with Gasteiger partial charge in [0.05, 0.1) is 67.1 Å². The van der Waals surface area contributed by atoms with E-state index in [1.165, 1.54) is 33.0 Å². The van der Waals surface area contributed by atoms with E-state index in [0.29, 0.717) is 49.8 Å². The van der Waals surface area contributed by atoms with Crippen LogP contribution in [0, 0.1) is 41.4 Å². The Hall–Kier alpha value is -6.82. The number of carboxylic acids is 1. The predicted octanol–water partition coefficient (Wildman–Crippen LogP) is 4.44. The average molecular weight is 1240 g/mol. The van der Waals surface area contributed by atoms with Gasteiger partial charge in [-0.15, -0.1) is 0 Å². The first-order valence-corrected chi connectivity index (χ1v) is 31.0. The summed E-state index contributed by atoms with van der Waals surface area (Å²) >= 11 is 0. The monoisotopic (exact) mass is 1240 g/mol. The lowest BCUT2D eigenvalue weighted by atomic mass is 9.83. The second-order valence-corrected chi connectivity index (χ2v) is 25.1. The zero-order chi connectivity index (χ0) is 66.3. The van der Waals surface area contributed by atoms with Gasteiger partial charge < -0.3 is 51.0 Å². The van der Waals surface area contributed by atoms with Crippen LogP contribution in [0.15, 0.2) is 29.4 Å². The summed E-state index contributed by atoms with van der Waals surface area (Å²) in [7, 11) is 8.48. The quantitative estimate of drug-likeness (QED) is 0.0347. The van der Waals surface area contributed by atoms with Crippen molar-refractivity contribution in [1.82, 2.24) is 35.6 Å². The van der Waals surface area contributed by atoms with Gasteiger partial charge in [-0.1, -0.05) is 91.2 Å². The Morgan fingerprint density at radius 2 is 1.38 bits per heavy atom. The van der Waals surface area contributed by atoms with Crippen LogP contribution < -0.4 is 21.7 Å². The average Bonchev–Trinajstić information content (AvgIpc) is 2.20. The largest absolute Gasteiger partial charge is 0.481 e. The molecule has 25 heteroatoms. The van der Waals surface area contributed by atoms with Crippen molar-refractivity contribution in [3.63, 3.8) is 0 Å². The smallest absolute Gasteiger partial charge is 0.306 e. The summed E-state index contributed by atoms with van der Waals surface area (Å²) in [6.45, 7) is 17.4. The summed E-state index contributed by atoms with van der Waals surface area (Å²) in [4.78, 5) is 155. The van der Waals surface area contributed by atoms with Crippen molar-refractivity contribution in [2.45, 2.75) is 194 Å². The number of likely N-dealkylation sites (tertiary alicyclic amines) is 2. The summed E-state index contributed by atoms with van der Waals surface area (Å²) in [6, 6.07) is 2.46. The first-order valence-electron chi connectivity index (χ1n) is 31.0. The lowest BCUT2D eigenvalue weighted by Crippen LogP contribution is -2.54. The van der Waals surface area contributed by atoms with Gasteiger partial charge >= 0.3 is 5.97 Å². The zero-order valence-electron chi connectivity index (χ0n) is 54.5. The molecule has 0 aliphatic carbocycles. The van der Waals surface area contributed by atoms with Crippen molar-refractivity contribution in [1.29, 1.82) is 0 Å². The number of nitrogens with two attached hydrogens (primary N) is 1. The van der Waals surface area contributed by atoms with Crippen LogP contribution in [0.2, 0.25) is 0 Å². The van der Waals surface area contributed by atoms with E-state index < -0.39 is 114 Å². The minimum Gasteiger partial charge on any atom is -0.481 e. The van der Waals surface area contributed by atoms with Crippen molar-refractivity contribution in [2.75, 3.05) is 61.5 Å². The number of hydrogen-bond donors (Lipinski definition) is 5. The summed E-state index contributed by atoms with van der Waals surface area (Å²) in [5.74, 6) is -8.14. The predicted molar refractivity (Wildman–Crippen MR) is 329 cm³/mol. The van der Waals surface area contributed by atoms with Crippen molar-refractivity contribution < 1.29 is 67.3 Å². The highest BCUT2D eigenvalue weighted by molar-refractivity contribution is 5.97. The Balaban J connectivity index is 1.65. The molecule has 0 spiro atoms. The van der Waals surface area contributed by atoms with E-state index in [-0.39, 0.29) is 112 Å². The molecule has 2 aliphatic heterocycles. The molecule has 1 aromatic carbocycles. The number of carboxylic acid groups (broad SMARTS) is 1. The Bertz CT molecular complexity index is 2590. The molecule has 2 fully saturated rings. The number of Topliss-reactive ketones (excluding diaryl/α,β-unsaturated/α-hetero) is 3. The number of hydrogen-bond acceptors (Lipinski definition) is 15. The summed E-state index contributed by atoms with van der Waals surface area (Å²) in [5.41, 5.74) is 16.0. The third-order valence-corrected chi connectivity index (χ3v) is 17.6. The van der Waals surface area contributed by atoms with Crippen LogP contribution in [-0.2, 0) is 75.1 Å². The van der Waals surface area contributed by atoms with Gasteiger partial charge in [0, 0.05) is 102 Å². The summed E-state index contributed by atoms with van der Waals surface area (Å²) in [6.07, 6.45) is 0.00790. The number of benzene rings is 1. The number of carbonyl (C=O) groups is 11. The highest BCUT2D eigenvalue weighted by Crippen LogP contribution is 2.31. The molecule has 88 heavy (non-hydrogen) atoms. The molecule has 0 bridgehead atoms. The minimum absolute atomic E-state index is 0.00119. The Kier molecular flexibility index (Phi) is 31.4. The molecule has 3 rings (SSSR count). The number of methoxy groups -OCH3 is 2. The lowest BCUT2D eigenvalue weighted by Gasteiger charge is -2.41. The van der Waals surface area contributed by atoms with Crippen LogP contribution in [0.25, 0.3) is 10.4 Å². The molecule has 25 nitrogen and oxygen atoms in total. The number of piperidine rings is 1. The highest BCUT2D eigenvalue weighted by atomic mass is 16.5. The van der Waals surface area contributed by atoms with E-state index >= 15 is 0 Å². The van der Waals surface area contributed by atoms with Crippen LogP contribution in [0.3, 0.4) is 0 Å². The zero-order valence-corrected chi connectivity index (χ0v) is 54.5. The second-order valence-electron chi connectivity index (χ2n) is 25.1. The van der Waals surface area contributed by atoms with Gasteiger partial charge in [0.1, 0.15) is 0 Å². The van der Waals surface area contributed by atoms with Crippen LogP contribution in [0.4, 0.5) is 0 Å². The van der Waals surface area contributed by atoms with Gasteiger partial charge in [-0.2, -0.15) is 0 Å². The molecular weight excluding hydrogens is 1130 g/mol. The SMILES string of the molecule is CC[C@H](C)[C@@H]([C@@H](CC(=O)N1CCC[C@H]1[C@H](OC)[C@@H](C)C(=O)N[C@H](CN=[N+]=[N-])Cc1ccc(CC(=O)[C@H](CC(N)=O)NC(=O)[C@H](C)CC(=O)[C@H](C)NC(=O)CCC(=O)N2CCC(C(=O)O)CC2)cc1)OC)N(C)C(=O)[C@@H](CC(=O)[C@H](C(C)C)N(C)C)C(C)C. The summed E-state index contributed by atoms with van der Waals surface area (Å²) in [5, 5.41) is 21.1. The normalized spacial score (nSPS) is 18.3. The number of azide groups is 1. The van der Waals surface area contributed by atoms with Crippen LogP contribution in [0.1, 0.15) is 144 Å². The second kappa shape index (κ2) is 36.6. The maximum atomic E-state index is 14.5. The van der Waals surface area contributed by atoms with Crippen molar-refractivity contribution in [2.24, 2.45) is 52.3 Å². The molecular formula is C63H101N11O14. The first-order chi connectivity index (χ1) is 41.4. The van der Waals surface area contributed by atoms with E-state index in [0.717, 1.165) is 0 Å². The molecule has 0 saturated carbocycles. The summed E-state index contributed by atoms with van der Waals surface area (Å²) < 4.78 is 12.1. The number of ketones is 3. The van der Waals surface area contributed by atoms with E-state index in [1.807, 2.05) is 60.5 Å². The lowest BCUT2D eigenvalue weighted by molar-refractivity contribution is -0.149. The maximum Gasteiger partial charge on any atom is 0.306 e. The number of nitrogens with zero attached hydrogens (tertiary/aromatic N) is 7. The number of likely N-dealkylation sites (N-methyl/N-ethyl adjacent to an activating group) is 2. The topological polar surface area (TPSA) is 350 Å². The number of amides is 7. The van der Waals surface area contributed by atoms with Crippen molar-refractivity contribution in [3.8, 4) is 0 Å². The molecule has 0 unspecified atom stereocenters. The van der Waals surface area contributed by atoms with Gasteiger partial charge in [-0.05, 0) is 87.5 Å². The third kappa shape index (κ3) is 22.6. The molecule has 1 aromatic rings. The fraction of sp³-hybridized carbons (Fsp3) is 0.730. The molecule has 7 amide bonds. The number of carbonyl (C=O) groups excluding carboxylic acids is 10. The Morgan fingerprint density at radius 3 is 1.91 bits per heavy atom. The molecule has 0 radical (unpaired) electrons. The Morgan fingerprint density at radius 1 is 0.750 bits per heavy atom. The number of ether oxygens (including phenoxy) is 2. The molecule has 2 aliphatic rings. The van der Waals surface area contributed by atoms with Gasteiger partial charge in [0.15, 0.2) is 17.3 Å². The molecule has 6 N–H and O–H groups in total. The number of nitrogens with one attached hydrogen (secondary N) is 3. The van der Waals surface area contributed by atoms with E-state index in [2.05, 4.69) is 26.0 Å². The van der Waals surface area contributed by atoms with Crippen molar-refractivity contribution >= 4 is 64.7 Å². The van der Waals surface area contributed by atoms with Gasteiger partial charge in [0.25, 0.3) is 0 Å². The molecule has 0 aromatic heterocycles. The van der Waals surface area contributed by atoms with E-state index in [9.17, 15) is 63.4 Å². The van der Waals surface area contributed by atoms with Crippen LogP contribution >= 0.6 is 0 Å². The fourth-order valence-corrected chi connectivity index (χ4v) is 12.3. The van der Waals surface area contributed by atoms with Gasteiger partial charge in [0.2, 0.25) is 41.4 Å². The van der Waals surface area contributed by atoms with Crippen LogP contribution in [0.5, 0.6) is 0 Å². The highest BCUT2D eigenvalue weighted by Gasteiger charge is 2.44. The first kappa shape index (κ1) is 75.4. The minimum atomic E-state index is -1.32. The third-order valence-electron chi connectivity index (χ3n) is 17.6. The van der Waals surface area contributed by atoms with Gasteiger partial charge in [-0.3, -0.25) is 57.6 Å². The molecule has 12 atom stereocenters. The molecule has 2 saturated heterocycles. The van der Waals surface area contributed by atoms with Crippen molar-refractivity contribution in [3.05, 3.63) is 45.8 Å². The van der Waals surface area contributed by atoms with Crippen LogP contribution in [-0.4, -0.2) is 199 Å². The standard InChI is InChI=1S/C63H101N11O14/c1-15-38(6)58(72(12)62(84)46(36(2)3)32-51(77)57(37(4)5)71(10)11)52(87-13)34-56(81)74-26-16-17-48(74)59(88-14)40(8)61(83)68-45(35-66-70-65)30-42-18-20-43(21-19-42)31-50(76)47(33-53(64)78)69-60(82)39(7)29-49(75)41(9)67-54(79)22-23-55(80)73-27-24-44(25-28-73)63(85)86/h18-21,36-41,44-48,52,57-59H,15-17,22-35H2,1-14H3,(H2,64,78)(H,67,79)(H,68,83)(H,69,82)(H,85,86)/t38-,39+,40+,41-,45-,46-,47-,48-,52+,57-,58-,59+/m0/s1. The molecule has 492 valence electrons. The number of aliphatic carboxylic acids is 1. The van der Waals surface area contributed by atoms with E-state index in [4.69, 9.17) is 15.2 Å². The number of primary amides is 1.